The molecule has 1 N–H and O–H groups in total. The Balaban J connectivity index is 1.41. The first-order valence-electron chi connectivity index (χ1n) is 10.2. The van der Waals surface area contributed by atoms with Gasteiger partial charge in [-0.1, -0.05) is 60.4 Å². The quantitative estimate of drug-likeness (QED) is 0.375. The molecular formula is C22H21N7OS2. The van der Waals surface area contributed by atoms with Gasteiger partial charge < -0.3 is 5.32 Å². The van der Waals surface area contributed by atoms with Gasteiger partial charge in [0.1, 0.15) is 5.82 Å². The predicted octanol–water partition coefficient (Wildman–Crippen LogP) is 4.34. The minimum atomic E-state index is -0.0813. The molecule has 0 spiro atoms. The highest BCUT2D eigenvalue weighted by Crippen LogP contribution is 2.32. The molecule has 10 heteroatoms. The summed E-state index contributed by atoms with van der Waals surface area (Å²) in [4.78, 5) is 12.6. The molecule has 0 bridgehead atoms. The van der Waals surface area contributed by atoms with E-state index in [1.54, 1.807) is 18.8 Å². The smallest absolute Gasteiger partial charge is 0.262 e. The summed E-state index contributed by atoms with van der Waals surface area (Å²) in [7, 11) is 1.72. The number of rotatable bonds is 6. The van der Waals surface area contributed by atoms with Crippen molar-refractivity contribution >= 4 is 50.6 Å². The summed E-state index contributed by atoms with van der Waals surface area (Å²) in [5, 5.41) is 22.1. The lowest BCUT2D eigenvalue weighted by Crippen LogP contribution is -2.20. The summed E-state index contributed by atoms with van der Waals surface area (Å²) >= 11 is 3.06. The molecule has 0 radical (unpaired) electrons. The number of fused-ring (bicyclic) bond motifs is 3. The molecule has 3 aromatic heterocycles. The normalized spacial score (nSPS) is 11.5. The van der Waals surface area contributed by atoms with Gasteiger partial charge in [-0.15, -0.1) is 20.4 Å². The van der Waals surface area contributed by atoms with E-state index in [1.807, 2.05) is 28.7 Å². The first-order chi connectivity index (χ1) is 15.6. The third-order valence-electron chi connectivity index (χ3n) is 5.40. The Hall–Kier alpha value is -3.24. The Kier molecular flexibility index (Phi) is 5.40. The summed E-state index contributed by atoms with van der Waals surface area (Å²) in [6.45, 7) is 4.23. The van der Waals surface area contributed by atoms with Crippen molar-refractivity contribution in [2.24, 2.45) is 7.05 Å². The van der Waals surface area contributed by atoms with Crippen LogP contribution in [0.4, 0.5) is 10.8 Å². The molecule has 0 saturated carbocycles. The molecule has 0 aliphatic carbocycles. The van der Waals surface area contributed by atoms with Crippen molar-refractivity contribution in [2.75, 3.05) is 5.32 Å². The maximum absolute atomic E-state index is 12.6. The van der Waals surface area contributed by atoms with Crippen molar-refractivity contribution < 1.29 is 0 Å². The third-order valence-corrected chi connectivity index (χ3v) is 7.36. The maximum Gasteiger partial charge on any atom is 0.262 e. The van der Waals surface area contributed by atoms with Gasteiger partial charge in [-0.25, -0.2) is 0 Å². The number of benzene rings is 2. The lowest BCUT2D eigenvalue weighted by molar-refractivity contribution is 0.857. The molecule has 8 nitrogen and oxygen atoms in total. The third kappa shape index (κ3) is 3.55. The van der Waals surface area contributed by atoms with Crippen LogP contribution in [-0.2, 0) is 19.2 Å². The number of hydrogen-bond acceptors (Lipinski definition) is 8. The average Bonchev–Trinajstić information content (AvgIpc) is 3.44. The molecule has 0 amide bonds. The van der Waals surface area contributed by atoms with Crippen LogP contribution in [0.1, 0.15) is 23.9 Å². The van der Waals surface area contributed by atoms with E-state index in [9.17, 15) is 4.79 Å². The maximum atomic E-state index is 12.6. The molecule has 5 aromatic rings. The lowest BCUT2D eigenvalue weighted by Gasteiger charge is -2.11. The molecule has 0 saturated heterocycles. The number of nitrogens with one attached hydrogen (secondary N) is 1. The molecule has 162 valence electrons. The number of nitrogens with zero attached hydrogens (tertiary/aromatic N) is 6. The summed E-state index contributed by atoms with van der Waals surface area (Å²) in [6, 6.07) is 13.8. The predicted molar refractivity (Wildman–Crippen MR) is 129 cm³/mol. The molecule has 0 unspecified atom stereocenters. The summed E-state index contributed by atoms with van der Waals surface area (Å²) in [6.07, 6.45) is 0.945. The summed E-state index contributed by atoms with van der Waals surface area (Å²) < 4.78 is 4.31. The Labute approximate surface area is 192 Å². The Morgan fingerprint density at radius 1 is 1.06 bits per heavy atom. The fourth-order valence-corrected chi connectivity index (χ4v) is 5.41. The van der Waals surface area contributed by atoms with E-state index >= 15 is 0 Å². The Morgan fingerprint density at radius 2 is 1.91 bits per heavy atom. The minimum absolute atomic E-state index is 0.0813. The zero-order valence-corrected chi connectivity index (χ0v) is 19.5. The first kappa shape index (κ1) is 20.7. The van der Waals surface area contributed by atoms with Gasteiger partial charge in [0.05, 0.1) is 16.7 Å². The standard InChI is InChI=1S/C22H21N7OS2/c1-4-14-9-7-8-13(2)18(14)23-20-25-27-22(32-20)31-12-17-24-26-21-28(3)19(30)15-10-5-6-11-16(15)29(17)21/h5-11H,4,12H2,1-3H3,(H,23,25). The van der Waals surface area contributed by atoms with Crippen molar-refractivity contribution in [1.29, 1.82) is 0 Å². The van der Waals surface area contributed by atoms with E-state index in [0.717, 1.165) is 32.9 Å². The van der Waals surface area contributed by atoms with Gasteiger partial charge in [0.15, 0.2) is 4.34 Å². The first-order valence-corrected chi connectivity index (χ1v) is 12.0. The van der Waals surface area contributed by atoms with Gasteiger partial charge >= 0.3 is 0 Å². The second-order valence-electron chi connectivity index (χ2n) is 7.38. The highest BCUT2D eigenvalue weighted by molar-refractivity contribution is 8.00. The second kappa shape index (κ2) is 8.36. The topological polar surface area (TPSA) is 90.0 Å². The number of anilines is 2. The number of hydrogen-bond donors (Lipinski definition) is 1. The number of para-hydroxylation sites is 2. The zero-order valence-electron chi connectivity index (χ0n) is 17.9. The highest BCUT2D eigenvalue weighted by atomic mass is 32.2. The molecule has 3 heterocycles. The largest absolute Gasteiger partial charge is 0.330 e. The molecule has 2 aromatic carbocycles. The van der Waals surface area contributed by atoms with Gasteiger partial charge in [0.25, 0.3) is 5.56 Å². The van der Waals surface area contributed by atoms with Gasteiger partial charge in [0, 0.05) is 12.7 Å². The van der Waals surface area contributed by atoms with Crippen LogP contribution in [0.25, 0.3) is 16.7 Å². The fourth-order valence-electron chi connectivity index (χ4n) is 3.74. The Bertz CT molecular complexity index is 1500. The van der Waals surface area contributed by atoms with E-state index < -0.39 is 0 Å². The zero-order chi connectivity index (χ0) is 22.2. The van der Waals surface area contributed by atoms with Crippen LogP contribution >= 0.6 is 23.1 Å². The van der Waals surface area contributed by atoms with Crippen molar-refractivity contribution in [2.45, 2.75) is 30.4 Å². The van der Waals surface area contributed by atoms with E-state index in [0.29, 0.717) is 16.9 Å². The van der Waals surface area contributed by atoms with E-state index in [4.69, 9.17) is 0 Å². The minimum Gasteiger partial charge on any atom is -0.330 e. The molecule has 5 rings (SSSR count). The van der Waals surface area contributed by atoms with Gasteiger partial charge in [0.2, 0.25) is 10.9 Å². The number of thioether (sulfide) groups is 1. The molecule has 0 aliphatic heterocycles. The molecule has 32 heavy (non-hydrogen) atoms. The fraction of sp³-hybridized carbons (Fsp3) is 0.227. The van der Waals surface area contributed by atoms with Crippen LogP contribution < -0.4 is 10.9 Å². The van der Waals surface area contributed by atoms with Gasteiger partial charge in [-0.2, -0.15) is 0 Å². The van der Waals surface area contributed by atoms with Gasteiger partial charge in [-0.3, -0.25) is 13.8 Å². The Morgan fingerprint density at radius 3 is 2.75 bits per heavy atom. The van der Waals surface area contributed by atoms with E-state index in [-0.39, 0.29) is 5.56 Å². The lowest BCUT2D eigenvalue weighted by atomic mass is 10.1. The summed E-state index contributed by atoms with van der Waals surface area (Å²) in [5.41, 5.74) is 4.25. The monoisotopic (exact) mass is 463 g/mol. The SMILES string of the molecule is CCc1cccc(C)c1Nc1nnc(SCc2nnc3n(C)c(=O)c4ccccc4n23)s1. The summed E-state index contributed by atoms with van der Waals surface area (Å²) in [5.74, 6) is 1.84. The van der Waals surface area contributed by atoms with Crippen molar-refractivity contribution in [1.82, 2.24) is 29.4 Å². The van der Waals surface area contributed by atoms with Crippen LogP contribution in [0.15, 0.2) is 51.6 Å². The van der Waals surface area contributed by atoms with Crippen LogP contribution in [-0.4, -0.2) is 29.4 Å². The van der Waals surface area contributed by atoms with Gasteiger partial charge in [-0.05, 0) is 36.6 Å². The van der Waals surface area contributed by atoms with Crippen LogP contribution in [0.2, 0.25) is 0 Å². The molecule has 0 fully saturated rings. The molecule has 0 aliphatic rings. The van der Waals surface area contributed by atoms with Crippen molar-refractivity contribution in [3.05, 3.63) is 69.8 Å². The number of aryl methyl sites for hydroxylation is 3. The van der Waals surface area contributed by atoms with Crippen molar-refractivity contribution in [3.8, 4) is 0 Å². The van der Waals surface area contributed by atoms with Crippen LogP contribution in [0.3, 0.4) is 0 Å². The van der Waals surface area contributed by atoms with Crippen LogP contribution in [0, 0.1) is 6.92 Å². The molecule has 0 atom stereocenters. The molecular weight excluding hydrogens is 442 g/mol. The average molecular weight is 464 g/mol. The van der Waals surface area contributed by atoms with Crippen molar-refractivity contribution in [3.63, 3.8) is 0 Å². The van der Waals surface area contributed by atoms with E-state index in [2.05, 4.69) is 57.8 Å². The number of aromatic nitrogens is 6. The van der Waals surface area contributed by atoms with Crippen LogP contribution in [0.5, 0.6) is 0 Å². The highest BCUT2D eigenvalue weighted by Gasteiger charge is 2.16. The second-order valence-corrected chi connectivity index (χ2v) is 9.58. The van der Waals surface area contributed by atoms with E-state index in [1.165, 1.54) is 27.0 Å².